The summed E-state index contributed by atoms with van der Waals surface area (Å²) in [5.41, 5.74) is 3.67. The van der Waals surface area contributed by atoms with Gasteiger partial charge in [0, 0.05) is 35.4 Å². The van der Waals surface area contributed by atoms with Gasteiger partial charge in [0.1, 0.15) is 9.84 Å². The lowest BCUT2D eigenvalue weighted by atomic mass is 9.85. The summed E-state index contributed by atoms with van der Waals surface area (Å²) in [6.45, 7) is 4.26. The third kappa shape index (κ3) is 4.40. The van der Waals surface area contributed by atoms with Crippen LogP contribution in [-0.4, -0.2) is 48.9 Å². The first kappa shape index (κ1) is 19.0. The van der Waals surface area contributed by atoms with Gasteiger partial charge in [-0.2, -0.15) is 0 Å². The molecule has 0 unspecified atom stereocenters. The minimum absolute atomic E-state index is 0.225. The Morgan fingerprint density at radius 1 is 1.19 bits per heavy atom. The first-order chi connectivity index (χ1) is 13.0. The van der Waals surface area contributed by atoms with Crippen molar-refractivity contribution in [3.8, 4) is 0 Å². The number of nitrogens with one attached hydrogen (secondary N) is 1. The molecule has 5 heteroatoms. The number of nitrogens with zero attached hydrogens (tertiary/aromatic N) is 1. The van der Waals surface area contributed by atoms with Crippen LogP contribution in [0.2, 0.25) is 0 Å². The second-order valence-corrected chi connectivity index (χ2v) is 10.9. The number of aryl methyl sites for hydroxylation is 1. The molecule has 2 fully saturated rings. The van der Waals surface area contributed by atoms with Crippen molar-refractivity contribution in [3.63, 3.8) is 0 Å². The molecule has 2 aromatic rings. The molecule has 0 radical (unpaired) electrons. The van der Waals surface area contributed by atoms with E-state index in [2.05, 4.69) is 34.3 Å². The smallest absolute Gasteiger partial charge is 0.150 e. The normalized spacial score (nSPS) is 21.7. The molecule has 0 bridgehead atoms. The fourth-order valence-electron chi connectivity index (χ4n) is 4.60. The minimum atomic E-state index is -2.92. The van der Waals surface area contributed by atoms with Gasteiger partial charge in [-0.1, -0.05) is 19.4 Å². The lowest BCUT2D eigenvalue weighted by Crippen LogP contribution is -2.37. The predicted octanol–water partition coefficient (Wildman–Crippen LogP) is 3.95. The fraction of sp³-hybridized carbons (Fsp3) is 0.636. The zero-order valence-corrected chi connectivity index (χ0v) is 17.2. The SMILES string of the molecule is CCS(=O)(=O)CCc1ccc2[nH]cc(C[C@H]3CCCN3CC3CCC3)c2c1. The third-order valence-corrected chi connectivity index (χ3v) is 8.35. The Hall–Kier alpha value is -1.33. The number of aromatic amines is 1. The van der Waals surface area contributed by atoms with Crippen molar-refractivity contribution < 1.29 is 8.42 Å². The molecule has 2 aliphatic rings. The number of likely N-dealkylation sites (tertiary alicyclic amines) is 1. The van der Waals surface area contributed by atoms with Crippen molar-refractivity contribution >= 4 is 20.7 Å². The Labute approximate surface area is 163 Å². The number of hydrogen-bond donors (Lipinski definition) is 1. The third-order valence-electron chi connectivity index (χ3n) is 6.65. The molecule has 1 atom stereocenters. The molecule has 1 N–H and O–H groups in total. The number of H-pyrrole nitrogens is 1. The van der Waals surface area contributed by atoms with E-state index in [9.17, 15) is 8.42 Å². The van der Waals surface area contributed by atoms with Gasteiger partial charge in [-0.3, -0.25) is 4.90 Å². The van der Waals surface area contributed by atoms with Gasteiger partial charge in [-0.25, -0.2) is 8.42 Å². The Morgan fingerprint density at radius 2 is 2.04 bits per heavy atom. The number of sulfone groups is 1. The van der Waals surface area contributed by atoms with Crippen LogP contribution >= 0.6 is 0 Å². The van der Waals surface area contributed by atoms with Crippen molar-refractivity contribution in [2.75, 3.05) is 24.6 Å². The summed E-state index contributed by atoms with van der Waals surface area (Å²) < 4.78 is 23.7. The second kappa shape index (κ2) is 7.96. The standard InChI is InChI=1S/C22H32N2O2S/c1-2-27(25,26)12-10-17-8-9-22-21(13-17)19(15-23-22)14-20-7-4-11-24(20)16-18-5-3-6-18/h8-9,13,15,18,20,23H,2-7,10-12,14,16H2,1H3/t20-/m1/s1. The molecule has 1 aromatic carbocycles. The summed E-state index contributed by atoms with van der Waals surface area (Å²) in [5.74, 6) is 1.40. The van der Waals surface area contributed by atoms with Crippen LogP contribution in [0.15, 0.2) is 24.4 Å². The lowest BCUT2D eigenvalue weighted by molar-refractivity contribution is 0.166. The Balaban J connectivity index is 1.47. The summed E-state index contributed by atoms with van der Waals surface area (Å²) in [5, 5.41) is 1.27. The molecule has 4 nitrogen and oxygen atoms in total. The Morgan fingerprint density at radius 3 is 2.78 bits per heavy atom. The van der Waals surface area contributed by atoms with E-state index in [1.54, 1.807) is 6.92 Å². The van der Waals surface area contributed by atoms with Crippen molar-refractivity contribution in [1.82, 2.24) is 9.88 Å². The van der Waals surface area contributed by atoms with Crippen molar-refractivity contribution in [3.05, 3.63) is 35.5 Å². The molecule has 0 amide bonds. The van der Waals surface area contributed by atoms with Crippen LogP contribution < -0.4 is 0 Å². The summed E-state index contributed by atoms with van der Waals surface area (Å²) in [7, 11) is -2.92. The summed E-state index contributed by atoms with van der Waals surface area (Å²) in [6, 6.07) is 7.03. The van der Waals surface area contributed by atoms with Gasteiger partial charge in [0.25, 0.3) is 0 Å². The van der Waals surface area contributed by atoms with E-state index in [1.165, 1.54) is 56.1 Å². The molecule has 2 heterocycles. The van der Waals surface area contributed by atoms with E-state index in [0.717, 1.165) is 23.4 Å². The number of rotatable bonds is 8. The Bertz CT molecular complexity index is 883. The number of hydrogen-bond acceptors (Lipinski definition) is 3. The molecule has 0 spiro atoms. The van der Waals surface area contributed by atoms with Gasteiger partial charge in [0.15, 0.2) is 0 Å². The van der Waals surface area contributed by atoms with Crippen LogP contribution in [0, 0.1) is 5.92 Å². The van der Waals surface area contributed by atoms with Gasteiger partial charge in [-0.15, -0.1) is 0 Å². The van der Waals surface area contributed by atoms with E-state index in [1.807, 2.05) is 0 Å². The van der Waals surface area contributed by atoms with Gasteiger partial charge in [0.2, 0.25) is 0 Å². The highest BCUT2D eigenvalue weighted by Crippen LogP contribution is 2.32. The molecule has 1 saturated carbocycles. The molecule has 4 rings (SSSR count). The summed E-state index contributed by atoms with van der Waals surface area (Å²) >= 11 is 0. The average molecular weight is 389 g/mol. The molecule has 1 saturated heterocycles. The van der Waals surface area contributed by atoms with Crippen molar-refractivity contribution in [2.24, 2.45) is 5.92 Å². The highest BCUT2D eigenvalue weighted by molar-refractivity contribution is 7.91. The molecule has 1 aliphatic heterocycles. The van der Waals surface area contributed by atoms with Crippen LogP contribution in [0.4, 0.5) is 0 Å². The monoisotopic (exact) mass is 388 g/mol. The first-order valence-corrected chi connectivity index (χ1v) is 12.4. The molecular weight excluding hydrogens is 356 g/mol. The van der Waals surface area contributed by atoms with Crippen LogP contribution in [0.3, 0.4) is 0 Å². The van der Waals surface area contributed by atoms with Crippen LogP contribution in [0.25, 0.3) is 10.9 Å². The topological polar surface area (TPSA) is 53.2 Å². The van der Waals surface area contributed by atoms with Crippen LogP contribution in [-0.2, 0) is 22.7 Å². The largest absolute Gasteiger partial charge is 0.361 e. The van der Waals surface area contributed by atoms with Crippen LogP contribution in [0.5, 0.6) is 0 Å². The highest BCUT2D eigenvalue weighted by Gasteiger charge is 2.29. The number of benzene rings is 1. The highest BCUT2D eigenvalue weighted by atomic mass is 32.2. The zero-order chi connectivity index (χ0) is 18.9. The molecule has 27 heavy (non-hydrogen) atoms. The maximum absolute atomic E-state index is 11.8. The molecular formula is C22H32N2O2S. The first-order valence-electron chi connectivity index (χ1n) is 10.6. The summed E-state index contributed by atoms with van der Waals surface area (Å²) in [6.07, 6.45) is 10.7. The van der Waals surface area contributed by atoms with E-state index in [4.69, 9.17) is 0 Å². The maximum atomic E-state index is 11.8. The number of fused-ring (bicyclic) bond motifs is 1. The lowest BCUT2D eigenvalue weighted by Gasteiger charge is -2.33. The average Bonchev–Trinajstić information content (AvgIpc) is 3.24. The molecule has 148 valence electrons. The second-order valence-electron chi connectivity index (χ2n) is 8.47. The van der Waals surface area contributed by atoms with Crippen LogP contribution in [0.1, 0.15) is 50.2 Å². The van der Waals surface area contributed by atoms with Gasteiger partial charge < -0.3 is 4.98 Å². The zero-order valence-electron chi connectivity index (χ0n) is 16.4. The van der Waals surface area contributed by atoms with E-state index in [-0.39, 0.29) is 11.5 Å². The Kier molecular flexibility index (Phi) is 5.60. The van der Waals surface area contributed by atoms with E-state index >= 15 is 0 Å². The fourth-order valence-corrected chi connectivity index (χ4v) is 5.43. The summed E-state index contributed by atoms with van der Waals surface area (Å²) in [4.78, 5) is 6.14. The van der Waals surface area contributed by atoms with E-state index < -0.39 is 9.84 Å². The van der Waals surface area contributed by atoms with Gasteiger partial charge >= 0.3 is 0 Å². The quantitative estimate of drug-likeness (QED) is 0.745. The van der Waals surface area contributed by atoms with Gasteiger partial charge in [-0.05, 0) is 74.2 Å². The van der Waals surface area contributed by atoms with Crippen molar-refractivity contribution in [1.29, 1.82) is 0 Å². The predicted molar refractivity (Wildman–Crippen MR) is 112 cm³/mol. The van der Waals surface area contributed by atoms with Gasteiger partial charge in [0.05, 0.1) is 5.75 Å². The van der Waals surface area contributed by atoms with Crippen molar-refractivity contribution in [2.45, 2.75) is 57.9 Å². The number of aromatic nitrogens is 1. The minimum Gasteiger partial charge on any atom is -0.361 e. The van der Waals surface area contributed by atoms with E-state index in [0.29, 0.717) is 12.5 Å². The molecule has 1 aromatic heterocycles. The maximum Gasteiger partial charge on any atom is 0.150 e. The molecule has 1 aliphatic carbocycles.